The van der Waals surface area contributed by atoms with Gasteiger partial charge < -0.3 is 23.9 Å². The highest BCUT2D eigenvalue weighted by Crippen LogP contribution is 2.39. The summed E-state index contributed by atoms with van der Waals surface area (Å²) >= 11 is 0. The lowest BCUT2D eigenvalue weighted by atomic mass is 10.2. The first kappa shape index (κ1) is 19.2. The molecule has 1 N–H and O–H groups in total. The van der Waals surface area contributed by atoms with Crippen molar-refractivity contribution < 1.29 is 23.4 Å². The third kappa shape index (κ3) is 4.37. The van der Waals surface area contributed by atoms with E-state index >= 15 is 0 Å². The second kappa shape index (κ2) is 8.85. The third-order valence-corrected chi connectivity index (χ3v) is 3.87. The first-order chi connectivity index (χ1) is 13.6. The van der Waals surface area contributed by atoms with Gasteiger partial charge >= 0.3 is 0 Å². The molecule has 0 aliphatic carbocycles. The van der Waals surface area contributed by atoms with E-state index in [0.717, 1.165) is 0 Å². The molecule has 0 unspecified atom stereocenters. The average molecular weight is 384 g/mol. The lowest BCUT2D eigenvalue weighted by Crippen LogP contribution is -2.12. The summed E-state index contributed by atoms with van der Waals surface area (Å²) < 4.78 is 21.4. The van der Waals surface area contributed by atoms with E-state index in [1.165, 1.54) is 21.3 Å². The molecular weight excluding hydrogens is 364 g/mol. The van der Waals surface area contributed by atoms with Gasteiger partial charge in [0.1, 0.15) is 5.69 Å². The molecule has 0 aliphatic rings. The summed E-state index contributed by atoms with van der Waals surface area (Å²) in [5.41, 5.74) is 1.11. The molecule has 0 spiro atoms. The van der Waals surface area contributed by atoms with Crippen molar-refractivity contribution in [3.05, 3.63) is 42.4 Å². The molecule has 0 saturated carbocycles. The second-order valence-electron chi connectivity index (χ2n) is 5.68. The Morgan fingerprint density at radius 2 is 1.82 bits per heavy atom. The zero-order valence-electron chi connectivity index (χ0n) is 15.8. The van der Waals surface area contributed by atoms with Crippen LogP contribution in [0.25, 0.3) is 11.6 Å². The first-order valence-electron chi connectivity index (χ1n) is 8.48. The number of anilines is 1. The van der Waals surface area contributed by atoms with Crippen LogP contribution < -0.4 is 19.5 Å². The highest BCUT2D eigenvalue weighted by molar-refractivity contribution is 5.91. The molecule has 3 rings (SSSR count). The topological polar surface area (TPSA) is 109 Å². The van der Waals surface area contributed by atoms with Crippen LogP contribution >= 0.6 is 0 Å². The van der Waals surface area contributed by atoms with E-state index in [0.29, 0.717) is 46.8 Å². The van der Waals surface area contributed by atoms with Gasteiger partial charge in [0.25, 0.3) is 5.89 Å². The molecule has 3 aromatic rings. The van der Waals surface area contributed by atoms with E-state index in [-0.39, 0.29) is 12.3 Å². The van der Waals surface area contributed by atoms with E-state index < -0.39 is 0 Å². The maximum Gasteiger partial charge on any atom is 0.266 e. The number of hydrogen-bond acceptors (Lipinski definition) is 8. The molecule has 9 nitrogen and oxygen atoms in total. The Bertz CT molecular complexity index is 918. The van der Waals surface area contributed by atoms with Crippen molar-refractivity contribution in [2.75, 3.05) is 26.6 Å². The van der Waals surface area contributed by atoms with Crippen molar-refractivity contribution >= 4 is 11.6 Å². The molecule has 2 heterocycles. The van der Waals surface area contributed by atoms with Crippen molar-refractivity contribution in [2.24, 2.45) is 0 Å². The van der Waals surface area contributed by atoms with Crippen LogP contribution in [-0.2, 0) is 11.2 Å². The fourth-order valence-electron chi connectivity index (χ4n) is 2.54. The maximum atomic E-state index is 12.3. The number of carbonyl (C=O) groups excluding carboxylic acids is 1. The summed E-state index contributed by atoms with van der Waals surface area (Å²) in [6, 6.07) is 8.72. The van der Waals surface area contributed by atoms with Crippen molar-refractivity contribution in [3.8, 4) is 28.8 Å². The molecule has 0 bridgehead atoms. The molecule has 2 aromatic heterocycles. The molecule has 0 fully saturated rings. The SMILES string of the molecule is COc1cc(NC(=O)CCc2nnc(-c3ccccn3)o2)cc(OC)c1OC. The Labute approximate surface area is 161 Å². The van der Waals surface area contributed by atoms with Gasteiger partial charge in [0.2, 0.25) is 17.5 Å². The zero-order chi connectivity index (χ0) is 19.9. The summed E-state index contributed by atoms with van der Waals surface area (Å²) in [6.07, 6.45) is 2.11. The summed E-state index contributed by atoms with van der Waals surface area (Å²) in [6.45, 7) is 0. The third-order valence-electron chi connectivity index (χ3n) is 3.87. The van der Waals surface area contributed by atoms with E-state index in [1.807, 2.05) is 6.07 Å². The smallest absolute Gasteiger partial charge is 0.266 e. The Morgan fingerprint density at radius 3 is 2.43 bits per heavy atom. The molecule has 146 valence electrons. The summed E-state index contributed by atoms with van der Waals surface area (Å²) in [5.74, 6) is 1.83. The van der Waals surface area contributed by atoms with Gasteiger partial charge in [-0.25, -0.2) is 0 Å². The van der Waals surface area contributed by atoms with Crippen LogP contribution in [0.1, 0.15) is 12.3 Å². The minimum Gasteiger partial charge on any atom is -0.493 e. The van der Waals surface area contributed by atoms with Gasteiger partial charge in [-0.1, -0.05) is 6.07 Å². The summed E-state index contributed by atoms with van der Waals surface area (Å²) in [5, 5.41) is 10.7. The minimum absolute atomic E-state index is 0.167. The molecule has 1 amide bonds. The Morgan fingerprint density at radius 1 is 1.07 bits per heavy atom. The Kier molecular flexibility index (Phi) is 6.05. The van der Waals surface area contributed by atoms with E-state index in [2.05, 4.69) is 20.5 Å². The van der Waals surface area contributed by atoms with Gasteiger partial charge in [0.15, 0.2) is 11.5 Å². The van der Waals surface area contributed by atoms with Gasteiger partial charge in [0.05, 0.1) is 21.3 Å². The number of rotatable bonds is 8. The van der Waals surface area contributed by atoms with Crippen molar-refractivity contribution in [3.63, 3.8) is 0 Å². The second-order valence-corrected chi connectivity index (χ2v) is 5.68. The quantitative estimate of drug-likeness (QED) is 0.631. The van der Waals surface area contributed by atoms with Crippen LogP contribution in [-0.4, -0.2) is 42.4 Å². The molecule has 0 radical (unpaired) electrons. The molecular formula is C19H20N4O5. The van der Waals surface area contributed by atoms with E-state index in [9.17, 15) is 4.79 Å². The predicted octanol–water partition coefficient (Wildman–Crippen LogP) is 2.73. The van der Waals surface area contributed by atoms with Crippen LogP contribution in [0.3, 0.4) is 0 Å². The minimum atomic E-state index is -0.216. The molecule has 1 aromatic carbocycles. The summed E-state index contributed by atoms with van der Waals surface area (Å²) in [4.78, 5) is 16.4. The van der Waals surface area contributed by atoms with Gasteiger partial charge in [-0.2, -0.15) is 0 Å². The largest absolute Gasteiger partial charge is 0.493 e. The molecule has 9 heteroatoms. The number of amides is 1. The number of benzene rings is 1. The Hall–Kier alpha value is -3.62. The lowest BCUT2D eigenvalue weighted by molar-refractivity contribution is -0.116. The molecule has 0 aliphatic heterocycles. The number of methoxy groups -OCH3 is 3. The van der Waals surface area contributed by atoms with Gasteiger partial charge in [-0.05, 0) is 12.1 Å². The highest BCUT2D eigenvalue weighted by atomic mass is 16.5. The normalized spacial score (nSPS) is 10.4. The first-order valence-corrected chi connectivity index (χ1v) is 8.48. The van der Waals surface area contributed by atoms with Crippen molar-refractivity contribution in [2.45, 2.75) is 12.8 Å². The maximum absolute atomic E-state index is 12.3. The van der Waals surface area contributed by atoms with E-state index in [1.54, 1.807) is 30.5 Å². The standard InChI is InChI=1S/C19H20N4O5/c1-25-14-10-12(11-15(26-2)18(14)27-3)21-16(24)7-8-17-22-23-19(28-17)13-6-4-5-9-20-13/h4-6,9-11H,7-8H2,1-3H3,(H,21,24). The number of pyridine rings is 1. The number of hydrogen-bond donors (Lipinski definition) is 1. The fourth-order valence-corrected chi connectivity index (χ4v) is 2.54. The highest BCUT2D eigenvalue weighted by Gasteiger charge is 2.15. The number of ether oxygens (including phenoxy) is 3. The number of aromatic nitrogens is 3. The number of nitrogens with zero attached hydrogens (tertiary/aromatic N) is 3. The van der Waals surface area contributed by atoms with Crippen LogP contribution in [0.4, 0.5) is 5.69 Å². The number of aryl methyl sites for hydroxylation is 1. The summed E-state index contributed by atoms with van der Waals surface area (Å²) in [7, 11) is 4.54. The van der Waals surface area contributed by atoms with Crippen LogP contribution in [0.2, 0.25) is 0 Å². The van der Waals surface area contributed by atoms with Crippen LogP contribution in [0, 0.1) is 0 Å². The molecule has 0 saturated heterocycles. The Balaban J connectivity index is 1.63. The van der Waals surface area contributed by atoms with Gasteiger partial charge in [-0.3, -0.25) is 9.78 Å². The zero-order valence-corrected chi connectivity index (χ0v) is 15.8. The van der Waals surface area contributed by atoms with Gasteiger partial charge in [0, 0.05) is 36.9 Å². The number of nitrogens with one attached hydrogen (secondary N) is 1. The average Bonchev–Trinajstić information content (AvgIpc) is 3.21. The lowest BCUT2D eigenvalue weighted by Gasteiger charge is -2.14. The van der Waals surface area contributed by atoms with Crippen molar-refractivity contribution in [1.82, 2.24) is 15.2 Å². The van der Waals surface area contributed by atoms with Crippen LogP contribution in [0.15, 0.2) is 40.9 Å². The van der Waals surface area contributed by atoms with E-state index in [4.69, 9.17) is 18.6 Å². The van der Waals surface area contributed by atoms with Crippen LogP contribution in [0.5, 0.6) is 17.2 Å². The van der Waals surface area contributed by atoms with Crippen molar-refractivity contribution in [1.29, 1.82) is 0 Å². The number of carbonyl (C=O) groups is 1. The monoisotopic (exact) mass is 384 g/mol. The predicted molar refractivity (Wildman–Crippen MR) is 101 cm³/mol. The molecule has 28 heavy (non-hydrogen) atoms. The van der Waals surface area contributed by atoms with Gasteiger partial charge in [-0.15, -0.1) is 10.2 Å². The molecule has 0 atom stereocenters. The fraction of sp³-hybridized carbons (Fsp3) is 0.263.